The summed E-state index contributed by atoms with van der Waals surface area (Å²) in [6, 6.07) is 12.3. The van der Waals surface area contributed by atoms with Crippen LogP contribution in [-0.2, 0) is 4.79 Å². The van der Waals surface area contributed by atoms with Crippen molar-refractivity contribution in [2.24, 2.45) is 5.92 Å². The van der Waals surface area contributed by atoms with Crippen molar-refractivity contribution in [3.8, 4) is 11.1 Å². The van der Waals surface area contributed by atoms with Gasteiger partial charge in [0.25, 0.3) is 0 Å². The molecule has 1 saturated carbocycles. The molecule has 5 heteroatoms. The highest BCUT2D eigenvalue weighted by Gasteiger charge is 2.47. The lowest BCUT2D eigenvalue weighted by molar-refractivity contribution is -0.118. The highest BCUT2D eigenvalue weighted by atomic mass is 35.5. The molecule has 0 bridgehead atoms. The van der Waals surface area contributed by atoms with Crippen LogP contribution in [0.25, 0.3) is 11.1 Å². The van der Waals surface area contributed by atoms with Crippen LogP contribution in [-0.4, -0.2) is 18.0 Å². The fourth-order valence-corrected chi connectivity index (χ4v) is 3.50. The Morgan fingerprint density at radius 3 is 2.65 bits per heavy atom. The average molecular weight is 331 g/mol. The van der Waals surface area contributed by atoms with Crippen LogP contribution in [0.2, 0.25) is 5.02 Å². The van der Waals surface area contributed by atoms with E-state index in [2.05, 4.69) is 10.6 Å². The van der Waals surface area contributed by atoms with Gasteiger partial charge >= 0.3 is 0 Å². The minimum atomic E-state index is -0.461. The number of anilines is 1. The molecule has 0 spiro atoms. The molecular weight excluding hydrogens is 315 g/mol. The van der Waals surface area contributed by atoms with Gasteiger partial charge in [0.2, 0.25) is 5.91 Å². The largest absolute Gasteiger partial charge is 0.322 e. The van der Waals surface area contributed by atoms with Gasteiger partial charge in [-0.25, -0.2) is 4.39 Å². The minimum absolute atomic E-state index is 0.174. The van der Waals surface area contributed by atoms with Crippen LogP contribution in [0.5, 0.6) is 0 Å². The number of halogens is 2. The molecule has 3 atom stereocenters. The van der Waals surface area contributed by atoms with E-state index in [1.54, 1.807) is 42.5 Å². The molecular formula is C18H16ClFN2O. The summed E-state index contributed by atoms with van der Waals surface area (Å²) in [5.74, 6) is -0.0189. The quantitative estimate of drug-likeness (QED) is 0.898. The first kappa shape index (κ1) is 14.7. The van der Waals surface area contributed by atoms with Crippen LogP contribution in [0.4, 0.5) is 10.1 Å². The predicted octanol–water partition coefficient (Wildman–Crippen LogP) is 3.84. The van der Waals surface area contributed by atoms with Crippen LogP contribution < -0.4 is 10.6 Å². The van der Waals surface area contributed by atoms with E-state index in [4.69, 9.17) is 11.6 Å². The zero-order valence-electron chi connectivity index (χ0n) is 12.4. The van der Waals surface area contributed by atoms with Gasteiger partial charge in [-0.05, 0) is 30.9 Å². The predicted molar refractivity (Wildman–Crippen MR) is 88.9 cm³/mol. The van der Waals surface area contributed by atoms with Gasteiger partial charge in [0.15, 0.2) is 5.82 Å². The molecule has 2 aromatic rings. The van der Waals surface area contributed by atoms with Crippen molar-refractivity contribution in [3.05, 3.63) is 53.3 Å². The molecule has 1 aliphatic heterocycles. The van der Waals surface area contributed by atoms with Gasteiger partial charge in [0.1, 0.15) is 0 Å². The first-order valence-corrected chi connectivity index (χ1v) is 8.11. The summed E-state index contributed by atoms with van der Waals surface area (Å²) in [6.45, 7) is 0. The number of carbonyl (C=O) groups is 1. The Labute approximate surface area is 138 Å². The number of hydrogen-bond acceptors (Lipinski definition) is 2. The minimum Gasteiger partial charge on any atom is -0.322 e. The highest BCUT2D eigenvalue weighted by molar-refractivity contribution is 6.33. The third-order valence-corrected chi connectivity index (χ3v) is 4.94. The summed E-state index contributed by atoms with van der Waals surface area (Å²) < 4.78 is 14.8. The number of fused-ring (bicyclic) bond motifs is 1. The van der Waals surface area contributed by atoms with E-state index in [1.165, 1.54) is 0 Å². The third kappa shape index (κ3) is 2.73. The number of rotatable bonds is 3. The molecule has 0 radical (unpaired) electrons. The van der Waals surface area contributed by atoms with Crippen molar-refractivity contribution >= 4 is 23.2 Å². The van der Waals surface area contributed by atoms with Gasteiger partial charge in [-0.3, -0.25) is 4.79 Å². The second-order valence-corrected chi connectivity index (χ2v) is 6.60. The van der Waals surface area contributed by atoms with Crippen molar-refractivity contribution in [1.82, 2.24) is 5.32 Å². The maximum Gasteiger partial charge on any atom is 0.241 e. The lowest BCUT2D eigenvalue weighted by atomic mass is 10.0. The Bertz CT molecular complexity index is 769. The lowest BCUT2D eigenvalue weighted by Crippen LogP contribution is -2.38. The van der Waals surface area contributed by atoms with E-state index in [0.29, 0.717) is 28.1 Å². The van der Waals surface area contributed by atoms with Crippen molar-refractivity contribution < 1.29 is 9.18 Å². The molecule has 3 nitrogen and oxygen atoms in total. The standard InChI is InChI=1S/C18H16ClFN2O/c19-13-6-2-1-4-11(13)12-5-3-7-14(17(12)20)22-18(23)16-9-10-8-15(10)21-16/h1-7,10,15-16,21H,8-9H2,(H,22,23)/t10?,15-,16+/m1/s1. The molecule has 23 heavy (non-hydrogen) atoms. The van der Waals surface area contributed by atoms with Crippen LogP contribution >= 0.6 is 11.6 Å². The Balaban J connectivity index is 1.59. The Hall–Kier alpha value is -1.91. The third-order valence-electron chi connectivity index (χ3n) is 4.61. The molecule has 2 fully saturated rings. The van der Waals surface area contributed by atoms with Gasteiger partial charge in [0, 0.05) is 22.2 Å². The lowest BCUT2D eigenvalue weighted by Gasteiger charge is -2.15. The summed E-state index contributed by atoms with van der Waals surface area (Å²) in [4.78, 5) is 12.3. The maximum atomic E-state index is 14.8. The smallest absolute Gasteiger partial charge is 0.241 e. The van der Waals surface area contributed by atoms with Crippen LogP contribution in [0.3, 0.4) is 0 Å². The maximum absolute atomic E-state index is 14.8. The average Bonchev–Trinajstić information content (AvgIpc) is 3.16. The van der Waals surface area contributed by atoms with Gasteiger partial charge < -0.3 is 10.6 Å². The Morgan fingerprint density at radius 2 is 1.91 bits per heavy atom. The first-order chi connectivity index (χ1) is 11.1. The highest BCUT2D eigenvalue weighted by Crippen LogP contribution is 2.41. The van der Waals surface area contributed by atoms with Gasteiger partial charge in [0.05, 0.1) is 11.7 Å². The molecule has 2 aromatic carbocycles. The molecule has 1 amide bonds. The fraction of sp³-hybridized carbons (Fsp3) is 0.278. The second-order valence-electron chi connectivity index (χ2n) is 6.19. The molecule has 2 N–H and O–H groups in total. The van der Waals surface area contributed by atoms with Crippen molar-refractivity contribution in [3.63, 3.8) is 0 Å². The Morgan fingerprint density at radius 1 is 1.13 bits per heavy atom. The van der Waals surface area contributed by atoms with E-state index in [9.17, 15) is 9.18 Å². The number of piperidine rings is 1. The number of carbonyl (C=O) groups excluding carboxylic acids is 1. The number of amides is 1. The second kappa shape index (κ2) is 5.62. The SMILES string of the molecule is O=C(Nc1cccc(-c2ccccc2Cl)c1F)[C@@H]1CC2C[C@H]2N1. The van der Waals surface area contributed by atoms with E-state index >= 15 is 0 Å². The summed E-state index contributed by atoms with van der Waals surface area (Å²) in [5, 5.41) is 6.45. The van der Waals surface area contributed by atoms with Gasteiger partial charge in [-0.15, -0.1) is 0 Å². The fourth-order valence-electron chi connectivity index (χ4n) is 3.26. The van der Waals surface area contributed by atoms with Crippen molar-refractivity contribution in [1.29, 1.82) is 0 Å². The summed E-state index contributed by atoms with van der Waals surface area (Å²) >= 11 is 6.15. The van der Waals surface area contributed by atoms with Gasteiger partial charge in [-0.1, -0.05) is 41.9 Å². The zero-order valence-corrected chi connectivity index (χ0v) is 13.1. The van der Waals surface area contributed by atoms with E-state index < -0.39 is 5.82 Å². The molecule has 0 aromatic heterocycles. The first-order valence-electron chi connectivity index (χ1n) is 7.74. The number of nitrogens with one attached hydrogen (secondary N) is 2. The molecule has 118 valence electrons. The monoisotopic (exact) mass is 330 g/mol. The molecule has 4 rings (SSSR count). The summed E-state index contributed by atoms with van der Waals surface area (Å²) in [5.41, 5.74) is 1.19. The normalized spacial score (nSPS) is 25.0. The molecule has 1 aliphatic carbocycles. The Kier molecular flexibility index (Phi) is 3.58. The van der Waals surface area contributed by atoms with Gasteiger partial charge in [-0.2, -0.15) is 0 Å². The molecule has 1 heterocycles. The molecule has 2 aliphatic rings. The number of benzene rings is 2. The van der Waals surface area contributed by atoms with E-state index in [1.807, 2.05) is 0 Å². The van der Waals surface area contributed by atoms with Crippen LogP contribution in [0, 0.1) is 11.7 Å². The van der Waals surface area contributed by atoms with Crippen LogP contribution in [0.15, 0.2) is 42.5 Å². The van der Waals surface area contributed by atoms with Crippen LogP contribution in [0.1, 0.15) is 12.8 Å². The number of hydrogen-bond donors (Lipinski definition) is 2. The van der Waals surface area contributed by atoms with E-state index in [-0.39, 0.29) is 17.6 Å². The summed E-state index contributed by atoms with van der Waals surface area (Å²) in [7, 11) is 0. The zero-order chi connectivity index (χ0) is 16.0. The van der Waals surface area contributed by atoms with Crippen molar-refractivity contribution in [2.75, 3.05) is 5.32 Å². The molecule has 1 unspecified atom stereocenters. The summed E-state index contributed by atoms with van der Waals surface area (Å²) in [6.07, 6.45) is 1.99. The topological polar surface area (TPSA) is 41.1 Å². The van der Waals surface area contributed by atoms with Crippen molar-refractivity contribution in [2.45, 2.75) is 24.9 Å². The molecule has 1 saturated heterocycles. The van der Waals surface area contributed by atoms with E-state index in [0.717, 1.165) is 12.8 Å².